The lowest BCUT2D eigenvalue weighted by atomic mass is 10.3. The molecule has 0 atom stereocenters. The van der Waals surface area contributed by atoms with Crippen LogP contribution in [0.25, 0.3) is 5.95 Å². The smallest absolute Gasteiger partial charge is 0.256 e. The van der Waals surface area contributed by atoms with Crippen molar-refractivity contribution in [2.24, 2.45) is 11.8 Å². The van der Waals surface area contributed by atoms with Crippen LogP contribution in [-0.4, -0.2) is 37.8 Å². The molecule has 7 heteroatoms. The van der Waals surface area contributed by atoms with Crippen LogP contribution in [0.1, 0.15) is 25.7 Å². The number of rotatable bonds is 6. The number of anilines is 1. The Morgan fingerprint density at radius 2 is 1.81 bits per heavy atom. The molecular formula is C14H17ClN6. The van der Waals surface area contributed by atoms with E-state index in [4.69, 9.17) is 11.6 Å². The standard InChI is InChI=1S/C14H17ClN6/c15-12-17-13(19-14(18-12)21-7-1-6-16-21)20(8-10-2-3-10)9-11-4-5-11/h1,6-7,10-11H,2-5,8-9H2. The third-order valence-electron chi connectivity index (χ3n) is 3.93. The van der Waals surface area contributed by atoms with Crippen LogP contribution in [0.4, 0.5) is 5.95 Å². The summed E-state index contributed by atoms with van der Waals surface area (Å²) < 4.78 is 1.61. The van der Waals surface area contributed by atoms with Gasteiger partial charge in [-0.05, 0) is 55.2 Å². The molecule has 0 bridgehead atoms. The Kier molecular flexibility index (Phi) is 3.25. The molecular weight excluding hydrogens is 288 g/mol. The molecule has 0 amide bonds. The van der Waals surface area contributed by atoms with Gasteiger partial charge in [0.05, 0.1) is 0 Å². The van der Waals surface area contributed by atoms with E-state index in [2.05, 4.69) is 25.0 Å². The SMILES string of the molecule is Clc1nc(N(CC2CC2)CC2CC2)nc(-n2cccn2)n1. The summed E-state index contributed by atoms with van der Waals surface area (Å²) in [6.45, 7) is 2.05. The maximum atomic E-state index is 6.09. The van der Waals surface area contributed by atoms with Crippen LogP contribution in [-0.2, 0) is 0 Å². The van der Waals surface area contributed by atoms with E-state index >= 15 is 0 Å². The molecule has 21 heavy (non-hydrogen) atoms. The largest absolute Gasteiger partial charge is 0.340 e. The monoisotopic (exact) mass is 304 g/mol. The molecule has 0 saturated heterocycles. The minimum Gasteiger partial charge on any atom is -0.340 e. The first-order chi connectivity index (χ1) is 10.3. The Balaban J connectivity index is 1.64. The van der Waals surface area contributed by atoms with Crippen LogP contribution < -0.4 is 4.90 Å². The Hall–Kier alpha value is -1.69. The molecule has 0 aliphatic heterocycles. The van der Waals surface area contributed by atoms with E-state index in [0.29, 0.717) is 11.9 Å². The van der Waals surface area contributed by atoms with Crippen molar-refractivity contribution in [3.8, 4) is 5.95 Å². The van der Waals surface area contributed by atoms with E-state index in [1.165, 1.54) is 25.7 Å². The second-order valence-electron chi connectivity index (χ2n) is 5.95. The van der Waals surface area contributed by atoms with Crippen LogP contribution in [0.15, 0.2) is 18.5 Å². The normalized spacial score (nSPS) is 18.0. The molecule has 2 aliphatic rings. The highest BCUT2D eigenvalue weighted by Crippen LogP contribution is 2.35. The zero-order valence-corrected chi connectivity index (χ0v) is 12.4. The summed E-state index contributed by atoms with van der Waals surface area (Å²) in [6.07, 6.45) is 8.75. The predicted octanol–water partition coefficient (Wildman–Crippen LogP) is 2.34. The lowest BCUT2D eigenvalue weighted by Gasteiger charge is -2.22. The molecule has 6 nitrogen and oxygen atoms in total. The number of aromatic nitrogens is 5. The van der Waals surface area contributed by atoms with Gasteiger partial charge in [0.15, 0.2) is 0 Å². The van der Waals surface area contributed by atoms with Crippen molar-refractivity contribution in [3.05, 3.63) is 23.7 Å². The van der Waals surface area contributed by atoms with Gasteiger partial charge in [-0.1, -0.05) is 0 Å². The molecule has 110 valence electrons. The summed E-state index contributed by atoms with van der Waals surface area (Å²) in [5, 5.41) is 4.39. The zero-order valence-electron chi connectivity index (χ0n) is 11.7. The molecule has 0 radical (unpaired) electrons. The topological polar surface area (TPSA) is 59.7 Å². The van der Waals surface area contributed by atoms with Crippen molar-refractivity contribution < 1.29 is 0 Å². The van der Waals surface area contributed by atoms with Gasteiger partial charge < -0.3 is 4.90 Å². The summed E-state index contributed by atoms with van der Waals surface area (Å²) in [6, 6.07) is 1.84. The van der Waals surface area contributed by atoms with Crippen molar-refractivity contribution >= 4 is 17.5 Å². The Labute approximate surface area is 128 Å². The summed E-state index contributed by atoms with van der Waals surface area (Å²) in [7, 11) is 0. The van der Waals surface area contributed by atoms with Crippen molar-refractivity contribution in [2.75, 3.05) is 18.0 Å². The molecule has 2 aliphatic carbocycles. The predicted molar refractivity (Wildman–Crippen MR) is 79.6 cm³/mol. The van der Waals surface area contributed by atoms with E-state index in [-0.39, 0.29) is 5.28 Å². The molecule has 2 aromatic rings. The van der Waals surface area contributed by atoms with Crippen molar-refractivity contribution in [2.45, 2.75) is 25.7 Å². The highest BCUT2D eigenvalue weighted by Gasteiger charge is 2.30. The van der Waals surface area contributed by atoms with Crippen LogP contribution >= 0.6 is 11.6 Å². The quantitative estimate of drug-likeness (QED) is 0.820. The summed E-state index contributed by atoms with van der Waals surface area (Å²) >= 11 is 6.09. The van der Waals surface area contributed by atoms with Crippen LogP contribution in [0.3, 0.4) is 0 Å². The van der Waals surface area contributed by atoms with Gasteiger partial charge >= 0.3 is 0 Å². The first kappa shape index (κ1) is 13.0. The number of hydrogen-bond donors (Lipinski definition) is 0. The Morgan fingerprint density at radius 3 is 2.38 bits per heavy atom. The van der Waals surface area contributed by atoms with Gasteiger partial charge in [-0.3, -0.25) is 0 Å². The first-order valence-corrected chi connectivity index (χ1v) is 7.82. The third kappa shape index (κ3) is 3.15. The maximum Gasteiger partial charge on any atom is 0.256 e. The average Bonchev–Trinajstić information content (AvgIpc) is 3.39. The molecule has 0 spiro atoms. The van der Waals surface area contributed by atoms with Gasteiger partial charge in [0.1, 0.15) is 0 Å². The van der Waals surface area contributed by atoms with Gasteiger partial charge in [-0.2, -0.15) is 20.1 Å². The van der Waals surface area contributed by atoms with Crippen molar-refractivity contribution in [1.29, 1.82) is 0 Å². The van der Waals surface area contributed by atoms with E-state index < -0.39 is 0 Å². The van der Waals surface area contributed by atoms with Crippen molar-refractivity contribution in [3.63, 3.8) is 0 Å². The first-order valence-electron chi connectivity index (χ1n) is 7.44. The minimum atomic E-state index is 0.224. The summed E-state index contributed by atoms with van der Waals surface area (Å²) in [5.74, 6) is 2.73. The molecule has 0 N–H and O–H groups in total. The fraction of sp³-hybridized carbons (Fsp3) is 0.571. The molecule has 0 unspecified atom stereocenters. The Bertz CT molecular complexity index is 606. The van der Waals surface area contributed by atoms with Crippen LogP contribution in [0.2, 0.25) is 5.28 Å². The summed E-state index contributed by atoms with van der Waals surface area (Å²) in [4.78, 5) is 15.3. The maximum absolute atomic E-state index is 6.09. The van der Waals surface area contributed by atoms with Crippen LogP contribution in [0.5, 0.6) is 0 Å². The lowest BCUT2D eigenvalue weighted by Crippen LogP contribution is -2.30. The molecule has 2 heterocycles. The lowest BCUT2D eigenvalue weighted by molar-refractivity contribution is 0.654. The summed E-state index contributed by atoms with van der Waals surface area (Å²) in [5.41, 5.74) is 0. The zero-order chi connectivity index (χ0) is 14.2. The number of nitrogens with zero attached hydrogens (tertiary/aromatic N) is 6. The van der Waals surface area contributed by atoms with Gasteiger partial charge in [-0.25, -0.2) is 4.68 Å². The average molecular weight is 305 g/mol. The van der Waals surface area contributed by atoms with Gasteiger partial charge in [0.25, 0.3) is 5.95 Å². The number of hydrogen-bond acceptors (Lipinski definition) is 5. The van der Waals surface area contributed by atoms with E-state index in [1.54, 1.807) is 10.9 Å². The minimum absolute atomic E-state index is 0.224. The van der Waals surface area contributed by atoms with Gasteiger partial charge in [0.2, 0.25) is 11.2 Å². The van der Waals surface area contributed by atoms with E-state index in [0.717, 1.165) is 24.9 Å². The molecule has 4 rings (SSSR count). The molecule has 0 aromatic carbocycles. The van der Waals surface area contributed by atoms with Crippen molar-refractivity contribution in [1.82, 2.24) is 24.7 Å². The highest BCUT2D eigenvalue weighted by atomic mass is 35.5. The number of halogens is 1. The second-order valence-corrected chi connectivity index (χ2v) is 6.28. The molecule has 2 saturated carbocycles. The third-order valence-corrected chi connectivity index (χ3v) is 4.10. The highest BCUT2D eigenvalue weighted by molar-refractivity contribution is 6.28. The molecule has 2 fully saturated rings. The fourth-order valence-electron chi connectivity index (χ4n) is 2.42. The van der Waals surface area contributed by atoms with E-state index in [9.17, 15) is 0 Å². The van der Waals surface area contributed by atoms with E-state index in [1.807, 2.05) is 12.3 Å². The Morgan fingerprint density at radius 1 is 1.10 bits per heavy atom. The molecule has 2 aromatic heterocycles. The van der Waals surface area contributed by atoms with Gasteiger partial charge in [-0.15, -0.1) is 0 Å². The van der Waals surface area contributed by atoms with Crippen LogP contribution in [0, 0.1) is 11.8 Å². The van der Waals surface area contributed by atoms with Gasteiger partial charge in [0, 0.05) is 25.5 Å². The second kappa shape index (κ2) is 5.26. The fourth-order valence-corrected chi connectivity index (χ4v) is 2.57.